The second-order valence-corrected chi connectivity index (χ2v) is 6.59. The van der Waals surface area contributed by atoms with Crippen LogP contribution in [0.3, 0.4) is 0 Å². The number of alkyl carbamates (subject to hydrolysis) is 1. The van der Waals surface area contributed by atoms with Crippen LogP contribution in [0, 0.1) is 25.2 Å². The second kappa shape index (κ2) is 10.4. The molecule has 2 heterocycles. The van der Waals surface area contributed by atoms with Crippen LogP contribution in [-0.2, 0) is 30.3 Å². The highest BCUT2D eigenvalue weighted by Gasteiger charge is 2.20. The Hall–Kier alpha value is -3.12. The number of aryl methyl sites for hydroxylation is 1. The molecule has 0 bridgehead atoms. The summed E-state index contributed by atoms with van der Waals surface area (Å²) in [6, 6.07) is 3.67. The third-order valence-corrected chi connectivity index (χ3v) is 4.51. The molecule has 29 heavy (non-hydrogen) atoms. The number of imide groups is 1. The largest absolute Gasteiger partial charge is 0.451 e. The predicted molar refractivity (Wildman–Crippen MR) is 103 cm³/mol. The number of esters is 1. The van der Waals surface area contributed by atoms with Crippen molar-refractivity contribution in [3.05, 3.63) is 28.6 Å². The number of hydrogen-bond donors (Lipinski definition) is 1. The number of ether oxygens (including phenoxy) is 3. The van der Waals surface area contributed by atoms with E-state index in [-0.39, 0.29) is 18.3 Å². The number of aromatic nitrogens is 1. The summed E-state index contributed by atoms with van der Waals surface area (Å²) in [5, 5.41) is 11.2. The normalized spacial score (nSPS) is 16.2. The van der Waals surface area contributed by atoms with Crippen LogP contribution in [0.5, 0.6) is 0 Å². The van der Waals surface area contributed by atoms with E-state index in [1.807, 2.05) is 25.2 Å². The Morgan fingerprint density at radius 3 is 2.76 bits per heavy atom. The van der Waals surface area contributed by atoms with E-state index in [9.17, 15) is 19.6 Å². The van der Waals surface area contributed by atoms with Crippen molar-refractivity contribution in [1.29, 1.82) is 5.26 Å². The van der Waals surface area contributed by atoms with Gasteiger partial charge in [-0.05, 0) is 51.3 Å². The Labute approximate surface area is 169 Å². The van der Waals surface area contributed by atoms with E-state index in [2.05, 4.69) is 9.30 Å². The molecule has 0 aromatic carbocycles. The Bertz CT molecular complexity index is 843. The van der Waals surface area contributed by atoms with Gasteiger partial charge in [0, 0.05) is 24.5 Å². The van der Waals surface area contributed by atoms with Crippen LogP contribution >= 0.6 is 0 Å². The molecule has 0 aliphatic carbocycles. The van der Waals surface area contributed by atoms with Crippen molar-refractivity contribution in [1.82, 2.24) is 9.88 Å². The number of nitrogens with zero attached hydrogens (tertiary/aromatic N) is 2. The van der Waals surface area contributed by atoms with Gasteiger partial charge in [-0.1, -0.05) is 0 Å². The lowest BCUT2D eigenvalue weighted by Gasteiger charge is -2.14. The first-order valence-electron chi connectivity index (χ1n) is 9.39. The highest BCUT2D eigenvalue weighted by Crippen LogP contribution is 2.22. The fraction of sp³-hybridized carbons (Fsp3) is 0.500. The van der Waals surface area contributed by atoms with Crippen molar-refractivity contribution in [2.24, 2.45) is 0 Å². The van der Waals surface area contributed by atoms with E-state index in [0.29, 0.717) is 12.1 Å². The average Bonchev–Trinajstić information content (AvgIpc) is 3.28. The molecule has 1 aromatic heterocycles. The van der Waals surface area contributed by atoms with E-state index in [1.54, 1.807) is 13.0 Å². The van der Waals surface area contributed by atoms with Crippen molar-refractivity contribution < 1.29 is 28.6 Å². The summed E-state index contributed by atoms with van der Waals surface area (Å²) in [7, 11) is 0. The predicted octanol–water partition coefficient (Wildman–Crippen LogP) is 2.01. The number of hydrogen-bond acceptors (Lipinski definition) is 7. The maximum atomic E-state index is 12.1. The van der Waals surface area contributed by atoms with Crippen LogP contribution in [-0.4, -0.2) is 48.5 Å². The van der Waals surface area contributed by atoms with E-state index >= 15 is 0 Å². The van der Waals surface area contributed by atoms with Crippen LogP contribution in [0.15, 0.2) is 11.6 Å². The molecule has 1 aliphatic rings. The average molecular weight is 403 g/mol. The highest BCUT2D eigenvalue weighted by molar-refractivity contribution is 6.00. The zero-order valence-electron chi connectivity index (χ0n) is 16.8. The van der Waals surface area contributed by atoms with Crippen molar-refractivity contribution in [2.45, 2.75) is 46.3 Å². The number of nitriles is 1. The quantitative estimate of drug-likeness (QED) is 0.420. The monoisotopic (exact) mass is 403 g/mol. The molecule has 1 atom stereocenters. The fourth-order valence-corrected chi connectivity index (χ4v) is 3.07. The molecular formula is C20H25N3O6. The summed E-state index contributed by atoms with van der Waals surface area (Å²) in [4.78, 5) is 34.9. The number of rotatable bonds is 7. The van der Waals surface area contributed by atoms with Gasteiger partial charge in [-0.2, -0.15) is 5.26 Å². The molecule has 9 nitrogen and oxygen atoms in total. The maximum absolute atomic E-state index is 12.1. The van der Waals surface area contributed by atoms with Gasteiger partial charge in [-0.3, -0.25) is 10.1 Å². The molecule has 156 valence electrons. The zero-order chi connectivity index (χ0) is 21.4. The second-order valence-electron chi connectivity index (χ2n) is 6.59. The van der Waals surface area contributed by atoms with Crippen molar-refractivity contribution in [3.8, 4) is 6.07 Å². The summed E-state index contributed by atoms with van der Waals surface area (Å²) in [5.41, 5.74) is 2.36. The number of amides is 2. The van der Waals surface area contributed by atoms with Gasteiger partial charge in [0.05, 0.1) is 12.7 Å². The first-order valence-corrected chi connectivity index (χ1v) is 9.39. The molecule has 9 heteroatoms. The number of carbonyl (C=O) groups excluding carboxylic acids is 3. The Morgan fingerprint density at radius 1 is 1.38 bits per heavy atom. The van der Waals surface area contributed by atoms with E-state index < -0.39 is 24.6 Å². The molecule has 1 aromatic rings. The third-order valence-electron chi connectivity index (χ3n) is 4.51. The number of carbonyl (C=O) groups is 3. The summed E-state index contributed by atoms with van der Waals surface area (Å²) in [6.07, 6.45) is 2.72. The number of nitrogens with one attached hydrogen (secondary N) is 1. The Kier molecular flexibility index (Phi) is 7.98. The maximum Gasteiger partial charge on any atom is 0.413 e. The zero-order valence-corrected chi connectivity index (χ0v) is 16.8. The smallest absolute Gasteiger partial charge is 0.413 e. The molecule has 1 fully saturated rings. The molecule has 1 aliphatic heterocycles. The summed E-state index contributed by atoms with van der Waals surface area (Å²) < 4.78 is 17.1. The minimum atomic E-state index is -0.949. The van der Waals surface area contributed by atoms with E-state index in [4.69, 9.17) is 9.47 Å². The van der Waals surface area contributed by atoms with Gasteiger partial charge >= 0.3 is 12.1 Å². The lowest BCUT2D eigenvalue weighted by Crippen LogP contribution is -2.34. The molecule has 0 radical (unpaired) electrons. The summed E-state index contributed by atoms with van der Waals surface area (Å²) >= 11 is 0. The van der Waals surface area contributed by atoms with Gasteiger partial charge in [0.1, 0.15) is 11.6 Å². The van der Waals surface area contributed by atoms with Gasteiger partial charge in [0.2, 0.25) is 0 Å². The van der Waals surface area contributed by atoms with Gasteiger partial charge in [-0.25, -0.2) is 9.59 Å². The van der Waals surface area contributed by atoms with E-state index in [1.165, 1.54) is 6.08 Å². The minimum Gasteiger partial charge on any atom is -0.451 e. The van der Waals surface area contributed by atoms with Gasteiger partial charge < -0.3 is 18.8 Å². The highest BCUT2D eigenvalue weighted by atomic mass is 16.6. The van der Waals surface area contributed by atoms with Gasteiger partial charge in [0.25, 0.3) is 5.91 Å². The summed E-state index contributed by atoms with van der Waals surface area (Å²) in [6.45, 7) is 6.33. The lowest BCUT2D eigenvalue weighted by atomic mass is 10.1. The molecule has 2 amide bonds. The first-order chi connectivity index (χ1) is 13.8. The van der Waals surface area contributed by atoms with Crippen molar-refractivity contribution >= 4 is 24.0 Å². The standard InChI is InChI=1S/C20H25N3O6/c1-4-27-20(26)22-18(24)12-29-19(25)16(10-21)9-15-8-13(2)23(14(15)3)11-17-6-5-7-28-17/h8-9,17H,4-7,11-12H2,1-3H3,(H,22,24,26)/b16-9+/t17-/m0/s1. The molecule has 0 saturated carbocycles. The van der Waals surface area contributed by atoms with Crippen LogP contribution in [0.25, 0.3) is 6.08 Å². The molecule has 1 saturated heterocycles. The van der Waals surface area contributed by atoms with E-state index in [0.717, 1.165) is 30.8 Å². The van der Waals surface area contributed by atoms with Gasteiger partial charge in [-0.15, -0.1) is 0 Å². The third kappa shape index (κ3) is 6.19. The SMILES string of the molecule is CCOC(=O)NC(=O)COC(=O)/C(C#N)=C/c1cc(C)n(C[C@@H]2CCCO2)c1C. The Morgan fingerprint density at radius 2 is 2.14 bits per heavy atom. The molecule has 0 unspecified atom stereocenters. The van der Waals surface area contributed by atoms with Crippen LogP contribution in [0.1, 0.15) is 36.7 Å². The molecular weight excluding hydrogens is 378 g/mol. The molecule has 1 N–H and O–H groups in total. The fourth-order valence-electron chi connectivity index (χ4n) is 3.07. The van der Waals surface area contributed by atoms with Crippen molar-refractivity contribution in [3.63, 3.8) is 0 Å². The van der Waals surface area contributed by atoms with Gasteiger partial charge in [0.15, 0.2) is 6.61 Å². The Balaban J connectivity index is 2.03. The van der Waals surface area contributed by atoms with Crippen LogP contribution in [0.2, 0.25) is 0 Å². The molecule has 2 rings (SSSR count). The lowest BCUT2D eigenvalue weighted by molar-refractivity contribution is -0.144. The minimum absolute atomic E-state index is 0.103. The van der Waals surface area contributed by atoms with Crippen LogP contribution in [0.4, 0.5) is 4.79 Å². The van der Waals surface area contributed by atoms with Crippen molar-refractivity contribution in [2.75, 3.05) is 19.8 Å². The van der Waals surface area contributed by atoms with Crippen LogP contribution < -0.4 is 5.32 Å². The summed E-state index contributed by atoms with van der Waals surface area (Å²) in [5.74, 6) is -1.79. The molecule has 0 spiro atoms. The first kappa shape index (κ1) is 22.2. The topological polar surface area (TPSA) is 120 Å².